The predicted molar refractivity (Wildman–Crippen MR) is 171 cm³/mol. The Bertz CT molecular complexity index is 1340. The van der Waals surface area contributed by atoms with Gasteiger partial charge in [-0.2, -0.15) is 0 Å². The molecule has 0 spiro atoms. The zero-order chi connectivity index (χ0) is 34.0. The number of ether oxygens (including phenoxy) is 2. The van der Waals surface area contributed by atoms with Gasteiger partial charge in [0.25, 0.3) is 0 Å². The topological polar surface area (TPSA) is 77.8 Å². The van der Waals surface area contributed by atoms with Crippen LogP contribution in [0.1, 0.15) is 73.6 Å². The van der Waals surface area contributed by atoms with Crippen LogP contribution in [0.3, 0.4) is 0 Å². The van der Waals surface area contributed by atoms with Gasteiger partial charge in [-0.1, -0.05) is 57.5 Å². The van der Waals surface area contributed by atoms with Crippen molar-refractivity contribution >= 4 is 34.8 Å². The van der Waals surface area contributed by atoms with Gasteiger partial charge in [-0.15, -0.1) is 13.2 Å². The molecule has 3 rings (SSSR count). The van der Waals surface area contributed by atoms with Crippen LogP contribution in [0.25, 0.3) is 16.6 Å². The molecule has 0 aliphatic heterocycles. The number of alkyl halides is 3. The second-order valence-corrected chi connectivity index (χ2v) is 9.30. The van der Waals surface area contributed by atoms with Gasteiger partial charge in [0.1, 0.15) is 17.8 Å². The molecule has 6 nitrogen and oxygen atoms in total. The van der Waals surface area contributed by atoms with Crippen LogP contribution in [0.4, 0.5) is 13.2 Å². The number of aliphatic carboxylic acids is 1. The second kappa shape index (κ2) is 20.2. The first-order chi connectivity index (χ1) is 20.1. The monoisotopic (exact) mass is 627 g/mol. The van der Waals surface area contributed by atoms with E-state index in [9.17, 15) is 23.1 Å². The van der Waals surface area contributed by atoms with Gasteiger partial charge in [0, 0.05) is 33.9 Å². The maximum absolute atomic E-state index is 12.6. The fourth-order valence-corrected chi connectivity index (χ4v) is 3.41. The number of hydrogen-bond acceptors (Lipinski definition) is 4. The van der Waals surface area contributed by atoms with Gasteiger partial charge in [-0.25, -0.2) is 4.79 Å². The van der Waals surface area contributed by atoms with E-state index in [1.54, 1.807) is 34.9 Å². The number of hydrogen-bond donors (Lipinski definition) is 1. The molecule has 0 aliphatic rings. The number of carboxylic acids is 1. The van der Waals surface area contributed by atoms with Gasteiger partial charge in [0.2, 0.25) is 0 Å². The summed E-state index contributed by atoms with van der Waals surface area (Å²) in [5, 5.41) is 10.9. The summed E-state index contributed by atoms with van der Waals surface area (Å²) in [5.74, 6) is -1.10. The first kappa shape index (κ1) is 41.4. The van der Waals surface area contributed by atoms with Crippen molar-refractivity contribution in [3.8, 4) is 17.2 Å². The van der Waals surface area contributed by atoms with E-state index >= 15 is 0 Å². The molecule has 3 aromatic rings. The average molecular weight is 628 g/mol. The summed E-state index contributed by atoms with van der Waals surface area (Å²) in [6.45, 7) is 19.9. The Balaban J connectivity index is 0. The molecule has 10 heteroatoms. The number of carboxylic acid groups (broad SMARTS) is 1. The van der Waals surface area contributed by atoms with E-state index in [1.165, 1.54) is 32.9 Å². The molecular formula is C33H45ClF3NO5. The third-order valence-electron chi connectivity index (χ3n) is 5.21. The number of nitrogens with zero attached hydrogens (tertiary/aromatic N) is 1. The first-order valence-electron chi connectivity index (χ1n) is 13.8. The van der Waals surface area contributed by atoms with Crippen LogP contribution in [0, 0.1) is 13.8 Å². The molecule has 2 aromatic carbocycles. The average Bonchev–Trinajstić information content (AvgIpc) is 3.18. The van der Waals surface area contributed by atoms with Gasteiger partial charge in [0.05, 0.1) is 5.52 Å². The summed E-state index contributed by atoms with van der Waals surface area (Å²) >= 11 is 5.47. The van der Waals surface area contributed by atoms with E-state index < -0.39 is 17.9 Å². The lowest BCUT2D eigenvalue weighted by atomic mass is 10.1. The van der Waals surface area contributed by atoms with E-state index in [0.29, 0.717) is 17.0 Å². The van der Waals surface area contributed by atoms with Crippen molar-refractivity contribution in [3.05, 3.63) is 77.0 Å². The van der Waals surface area contributed by atoms with E-state index in [-0.39, 0.29) is 5.75 Å². The van der Waals surface area contributed by atoms with Crippen molar-refractivity contribution < 1.29 is 37.3 Å². The SMILES string of the molecule is C/C=C\C=C(/C)Cl.CC.CC.CC=O.Cc1c(C)n(-c2cccc(OC(C)(C)C(=O)O)c2)c2cc(OC(F)(F)F)ccc12. The van der Waals surface area contributed by atoms with E-state index in [4.69, 9.17) is 21.1 Å². The Hall–Kier alpha value is -3.72. The van der Waals surface area contributed by atoms with Crippen molar-refractivity contribution in [2.75, 3.05) is 0 Å². The number of benzene rings is 2. The lowest BCUT2D eigenvalue weighted by Crippen LogP contribution is -2.37. The Morgan fingerprint density at radius 3 is 1.93 bits per heavy atom. The Labute approximate surface area is 258 Å². The summed E-state index contributed by atoms with van der Waals surface area (Å²) in [6.07, 6.45) is 1.65. The lowest BCUT2D eigenvalue weighted by molar-refractivity contribution is -0.274. The molecular weight excluding hydrogens is 583 g/mol. The third kappa shape index (κ3) is 14.3. The molecule has 0 fully saturated rings. The smallest absolute Gasteiger partial charge is 0.478 e. The Morgan fingerprint density at radius 2 is 1.49 bits per heavy atom. The molecule has 0 amide bonds. The van der Waals surface area contributed by atoms with Crippen molar-refractivity contribution in [1.82, 2.24) is 4.57 Å². The number of allylic oxidation sites excluding steroid dienone is 4. The van der Waals surface area contributed by atoms with Crippen LogP contribution in [0.5, 0.6) is 11.5 Å². The quantitative estimate of drug-likeness (QED) is 0.217. The Kier molecular flexibility index (Phi) is 19.5. The second-order valence-electron chi connectivity index (χ2n) is 8.70. The van der Waals surface area contributed by atoms with Crippen molar-refractivity contribution in [1.29, 1.82) is 0 Å². The molecule has 0 saturated carbocycles. The van der Waals surface area contributed by atoms with Gasteiger partial charge in [-0.3, -0.25) is 0 Å². The Morgan fingerprint density at radius 1 is 0.953 bits per heavy atom. The molecule has 0 radical (unpaired) electrons. The van der Waals surface area contributed by atoms with Crippen LogP contribution < -0.4 is 9.47 Å². The van der Waals surface area contributed by atoms with Crippen LogP contribution in [-0.2, 0) is 9.59 Å². The van der Waals surface area contributed by atoms with E-state index in [2.05, 4.69) is 4.74 Å². The molecule has 240 valence electrons. The minimum atomic E-state index is -4.79. The summed E-state index contributed by atoms with van der Waals surface area (Å²) in [4.78, 5) is 20.1. The summed E-state index contributed by atoms with van der Waals surface area (Å²) < 4.78 is 49.3. The van der Waals surface area contributed by atoms with Gasteiger partial charge in [-0.05, 0) is 84.4 Å². The van der Waals surface area contributed by atoms with Gasteiger partial charge < -0.3 is 23.9 Å². The normalized spacial score (nSPS) is 11.0. The summed E-state index contributed by atoms with van der Waals surface area (Å²) in [6, 6.07) is 10.9. The maximum Gasteiger partial charge on any atom is 0.573 e. The summed E-state index contributed by atoms with van der Waals surface area (Å²) in [5.41, 5.74) is 1.48. The molecule has 0 unspecified atom stereocenters. The molecule has 0 aliphatic carbocycles. The number of aldehydes is 1. The fraction of sp³-hybridized carbons (Fsp3) is 0.394. The highest BCUT2D eigenvalue weighted by atomic mass is 35.5. The van der Waals surface area contributed by atoms with E-state index in [1.807, 2.05) is 73.6 Å². The predicted octanol–water partition coefficient (Wildman–Crippen LogP) is 10.4. The molecule has 1 aromatic heterocycles. The number of rotatable bonds is 6. The molecule has 0 bridgehead atoms. The number of aryl methyl sites for hydroxylation is 1. The van der Waals surface area contributed by atoms with Crippen molar-refractivity contribution in [2.24, 2.45) is 0 Å². The molecule has 0 atom stereocenters. The van der Waals surface area contributed by atoms with Crippen LogP contribution >= 0.6 is 11.6 Å². The zero-order valence-corrected chi connectivity index (χ0v) is 27.6. The van der Waals surface area contributed by atoms with Gasteiger partial charge >= 0.3 is 12.3 Å². The third-order valence-corrected chi connectivity index (χ3v) is 5.33. The van der Waals surface area contributed by atoms with Crippen molar-refractivity contribution in [2.45, 2.75) is 88.1 Å². The highest BCUT2D eigenvalue weighted by Crippen LogP contribution is 2.34. The number of carbonyl (C=O) groups excluding carboxylic acids is 1. The minimum Gasteiger partial charge on any atom is -0.478 e. The maximum atomic E-state index is 12.6. The zero-order valence-electron chi connectivity index (χ0n) is 26.9. The minimum absolute atomic E-state index is 0.317. The van der Waals surface area contributed by atoms with Crippen LogP contribution in [0.2, 0.25) is 0 Å². The van der Waals surface area contributed by atoms with Crippen LogP contribution in [-0.4, -0.2) is 33.9 Å². The highest BCUT2D eigenvalue weighted by Gasteiger charge is 2.32. The molecule has 1 N–H and O–H groups in total. The van der Waals surface area contributed by atoms with Crippen LogP contribution in [0.15, 0.2) is 65.7 Å². The lowest BCUT2D eigenvalue weighted by Gasteiger charge is -2.22. The van der Waals surface area contributed by atoms with Gasteiger partial charge in [0.15, 0.2) is 5.60 Å². The standard InChI is InChI=1S/C21H20F3NO4.C6H9Cl.C2H4O.2C2H6/c1-12-13(2)25(18-11-16(8-9-17(12)18)29-21(22,23)24)14-6-5-7-15(10-14)28-20(3,4)19(26)27;1-3-4-5-6(2)7;1-2-3;2*1-2/h5-11H,1-4H3,(H,26,27);3-5H,1-2H3;2H,1H3;2*1-2H3/b;4-3-,6-5+;;;. The van der Waals surface area contributed by atoms with Crippen molar-refractivity contribution in [3.63, 3.8) is 0 Å². The number of fused-ring (bicyclic) bond motifs is 1. The molecule has 1 heterocycles. The molecule has 0 saturated heterocycles. The number of carbonyl (C=O) groups is 2. The summed E-state index contributed by atoms with van der Waals surface area (Å²) in [7, 11) is 0. The molecule has 43 heavy (non-hydrogen) atoms. The largest absolute Gasteiger partial charge is 0.573 e. The fourth-order valence-electron chi connectivity index (χ4n) is 3.34. The van der Waals surface area contributed by atoms with E-state index in [0.717, 1.165) is 28.0 Å². The number of halogens is 4. The number of aromatic nitrogens is 1. The highest BCUT2D eigenvalue weighted by molar-refractivity contribution is 6.29. The first-order valence-corrected chi connectivity index (χ1v) is 14.2.